The maximum absolute atomic E-state index is 11.8. The van der Waals surface area contributed by atoms with Gasteiger partial charge in [-0.05, 0) is 55.6 Å². The second-order valence-corrected chi connectivity index (χ2v) is 5.43. The fourth-order valence-corrected chi connectivity index (χ4v) is 2.00. The van der Waals surface area contributed by atoms with E-state index in [1.807, 2.05) is 11.9 Å². The Morgan fingerprint density at radius 3 is 1.75 bits per heavy atom. The molecule has 0 aliphatic carbocycles. The lowest BCUT2D eigenvalue weighted by Gasteiger charge is -2.14. The molecule has 0 aliphatic rings. The number of hydrogen-bond donors (Lipinski definition) is 0. The van der Waals surface area contributed by atoms with Crippen LogP contribution in [0.25, 0.3) is 12.2 Å². The summed E-state index contributed by atoms with van der Waals surface area (Å²) < 4.78 is 10.2. The van der Waals surface area contributed by atoms with Crippen molar-refractivity contribution < 1.29 is 18.4 Å². The van der Waals surface area contributed by atoms with E-state index in [1.54, 1.807) is 48.9 Å². The lowest BCUT2D eigenvalue weighted by atomic mass is 10.2. The second kappa shape index (κ2) is 9.47. The maximum Gasteiger partial charge on any atom is 0.157 e. The van der Waals surface area contributed by atoms with Gasteiger partial charge in [0.05, 0.1) is 12.5 Å². The van der Waals surface area contributed by atoms with Gasteiger partial charge < -0.3 is 13.7 Å². The molecule has 0 spiro atoms. The molecule has 2 aromatic rings. The zero-order valence-corrected chi connectivity index (χ0v) is 13.7. The molecular weight excluding hydrogens is 306 g/mol. The first-order valence-electron chi connectivity index (χ1n) is 7.81. The molecule has 2 heterocycles. The Morgan fingerprint density at radius 2 is 1.38 bits per heavy atom. The third-order valence-electron chi connectivity index (χ3n) is 3.43. The largest absolute Gasteiger partial charge is 0.465 e. The van der Waals surface area contributed by atoms with Crippen LogP contribution in [0.2, 0.25) is 0 Å². The summed E-state index contributed by atoms with van der Waals surface area (Å²) >= 11 is 0. The van der Waals surface area contributed by atoms with E-state index in [2.05, 4.69) is 0 Å². The van der Waals surface area contributed by atoms with E-state index >= 15 is 0 Å². The van der Waals surface area contributed by atoms with Gasteiger partial charge in [0.25, 0.3) is 0 Å². The van der Waals surface area contributed by atoms with Crippen LogP contribution in [-0.4, -0.2) is 36.6 Å². The van der Waals surface area contributed by atoms with Gasteiger partial charge in [0.1, 0.15) is 11.5 Å². The second-order valence-electron chi connectivity index (χ2n) is 5.43. The number of carbonyl (C=O) groups is 2. The number of rotatable bonds is 10. The quantitative estimate of drug-likeness (QED) is 0.625. The lowest BCUT2D eigenvalue weighted by molar-refractivity contribution is -0.114. The number of ketones is 2. The molecule has 0 aromatic carbocycles. The summed E-state index contributed by atoms with van der Waals surface area (Å²) in [5.74, 6) is 1.38. The minimum absolute atomic E-state index is 0.0299. The van der Waals surface area contributed by atoms with Crippen molar-refractivity contribution in [3.63, 3.8) is 0 Å². The molecule has 0 aliphatic heterocycles. The van der Waals surface area contributed by atoms with Gasteiger partial charge in [-0.2, -0.15) is 0 Å². The van der Waals surface area contributed by atoms with E-state index in [0.717, 1.165) is 0 Å². The van der Waals surface area contributed by atoms with Gasteiger partial charge >= 0.3 is 0 Å². The Bertz CT molecular complexity index is 621. The Hall–Kier alpha value is -2.66. The summed E-state index contributed by atoms with van der Waals surface area (Å²) in [5.41, 5.74) is 0. The number of furan rings is 2. The van der Waals surface area contributed by atoms with Gasteiger partial charge in [-0.15, -0.1) is 0 Å². The molecule has 5 heteroatoms. The molecule has 0 atom stereocenters. The first kappa shape index (κ1) is 17.7. The van der Waals surface area contributed by atoms with Crippen molar-refractivity contribution in [2.24, 2.45) is 0 Å². The van der Waals surface area contributed by atoms with Crippen molar-refractivity contribution in [1.29, 1.82) is 0 Å². The van der Waals surface area contributed by atoms with E-state index in [-0.39, 0.29) is 11.6 Å². The standard InChI is InChI=1S/C19H21NO4/c1-20(12-10-16(21)6-8-18-4-2-14-23-18)13-11-17(22)7-9-19-5-3-15-24-19/h2-9,14-15H,10-13H2,1H3/b8-6-,9-7+. The molecular formula is C19H21NO4. The highest BCUT2D eigenvalue weighted by Crippen LogP contribution is 2.04. The van der Waals surface area contributed by atoms with Crippen LogP contribution >= 0.6 is 0 Å². The molecule has 0 unspecified atom stereocenters. The third kappa shape index (κ3) is 6.62. The predicted molar refractivity (Wildman–Crippen MR) is 92.2 cm³/mol. The van der Waals surface area contributed by atoms with Crippen molar-refractivity contribution in [3.05, 3.63) is 60.5 Å². The molecule has 126 valence electrons. The first-order valence-corrected chi connectivity index (χ1v) is 7.81. The van der Waals surface area contributed by atoms with Gasteiger partial charge in [-0.1, -0.05) is 0 Å². The molecule has 0 bridgehead atoms. The van der Waals surface area contributed by atoms with E-state index in [1.165, 1.54) is 12.2 Å². The van der Waals surface area contributed by atoms with Gasteiger partial charge in [-0.3, -0.25) is 9.59 Å². The van der Waals surface area contributed by atoms with E-state index in [0.29, 0.717) is 37.5 Å². The lowest BCUT2D eigenvalue weighted by Crippen LogP contribution is -2.24. The van der Waals surface area contributed by atoms with Crippen molar-refractivity contribution in [1.82, 2.24) is 4.90 Å². The Morgan fingerprint density at radius 1 is 0.917 bits per heavy atom. The summed E-state index contributed by atoms with van der Waals surface area (Å²) in [5, 5.41) is 0. The zero-order valence-electron chi connectivity index (χ0n) is 13.7. The van der Waals surface area contributed by atoms with Crippen molar-refractivity contribution >= 4 is 23.7 Å². The normalized spacial score (nSPS) is 11.8. The molecule has 0 saturated carbocycles. The minimum Gasteiger partial charge on any atom is -0.465 e. The van der Waals surface area contributed by atoms with Crippen LogP contribution in [0, 0.1) is 0 Å². The molecule has 0 saturated heterocycles. The van der Waals surface area contributed by atoms with Crippen molar-refractivity contribution in [2.45, 2.75) is 12.8 Å². The smallest absolute Gasteiger partial charge is 0.157 e. The fourth-order valence-electron chi connectivity index (χ4n) is 2.00. The van der Waals surface area contributed by atoms with Gasteiger partial charge in [0.2, 0.25) is 0 Å². The topological polar surface area (TPSA) is 63.7 Å². The first-order chi connectivity index (χ1) is 11.6. The number of hydrogen-bond acceptors (Lipinski definition) is 5. The van der Waals surface area contributed by atoms with E-state index in [4.69, 9.17) is 8.83 Å². The van der Waals surface area contributed by atoms with Crippen molar-refractivity contribution in [2.75, 3.05) is 20.1 Å². The third-order valence-corrected chi connectivity index (χ3v) is 3.43. The van der Waals surface area contributed by atoms with Crippen LogP contribution in [0.1, 0.15) is 24.4 Å². The fraction of sp³-hybridized carbons (Fsp3) is 0.263. The summed E-state index contributed by atoms with van der Waals surface area (Å²) in [6.07, 6.45) is 10.3. The minimum atomic E-state index is 0.0299. The Kier molecular flexibility index (Phi) is 6.98. The molecule has 0 fully saturated rings. The summed E-state index contributed by atoms with van der Waals surface area (Å²) in [4.78, 5) is 25.5. The predicted octanol–water partition coefficient (Wildman–Crippen LogP) is 3.45. The molecule has 2 rings (SSSR count). The number of nitrogens with zero attached hydrogens (tertiary/aromatic N) is 1. The van der Waals surface area contributed by atoms with E-state index < -0.39 is 0 Å². The highest BCUT2D eigenvalue weighted by Gasteiger charge is 2.05. The molecule has 0 amide bonds. The maximum atomic E-state index is 11.8. The molecule has 0 radical (unpaired) electrons. The van der Waals surface area contributed by atoms with E-state index in [9.17, 15) is 9.59 Å². The zero-order chi connectivity index (χ0) is 17.2. The number of allylic oxidation sites excluding steroid dienone is 2. The highest BCUT2D eigenvalue weighted by molar-refractivity contribution is 5.94. The van der Waals surface area contributed by atoms with Crippen LogP contribution in [0.5, 0.6) is 0 Å². The van der Waals surface area contributed by atoms with Gasteiger partial charge in [-0.25, -0.2) is 0 Å². The number of carbonyl (C=O) groups excluding carboxylic acids is 2. The van der Waals surface area contributed by atoms with Crippen LogP contribution < -0.4 is 0 Å². The average Bonchev–Trinajstić information content (AvgIpc) is 3.27. The van der Waals surface area contributed by atoms with Crippen molar-refractivity contribution in [3.8, 4) is 0 Å². The Balaban J connectivity index is 1.63. The van der Waals surface area contributed by atoms with Crippen LogP contribution in [0.15, 0.2) is 57.8 Å². The summed E-state index contributed by atoms with van der Waals surface area (Å²) in [7, 11) is 1.90. The summed E-state index contributed by atoms with van der Waals surface area (Å²) in [6, 6.07) is 7.13. The van der Waals surface area contributed by atoms with Crippen LogP contribution in [0.4, 0.5) is 0 Å². The molecule has 0 N–H and O–H groups in total. The molecule has 5 nitrogen and oxygen atoms in total. The molecule has 2 aromatic heterocycles. The monoisotopic (exact) mass is 327 g/mol. The average molecular weight is 327 g/mol. The van der Waals surface area contributed by atoms with Gasteiger partial charge in [0.15, 0.2) is 11.6 Å². The van der Waals surface area contributed by atoms with Crippen LogP contribution in [-0.2, 0) is 9.59 Å². The highest BCUT2D eigenvalue weighted by atomic mass is 16.3. The van der Waals surface area contributed by atoms with Crippen LogP contribution in [0.3, 0.4) is 0 Å². The Labute approximate surface area is 141 Å². The molecule has 24 heavy (non-hydrogen) atoms. The SMILES string of the molecule is CN(CCC(=O)/C=C\c1ccco1)CCC(=O)/C=C/c1ccco1. The van der Waals surface area contributed by atoms with Gasteiger partial charge in [0, 0.05) is 25.9 Å². The summed E-state index contributed by atoms with van der Waals surface area (Å²) in [6.45, 7) is 1.22.